The third-order valence-corrected chi connectivity index (χ3v) is 3.79. The molecule has 116 valence electrons. The fourth-order valence-corrected chi connectivity index (χ4v) is 2.95. The van der Waals surface area contributed by atoms with Crippen molar-refractivity contribution in [2.24, 2.45) is 11.3 Å². The number of hydrogen-bond acceptors (Lipinski definition) is 4. The zero-order valence-corrected chi connectivity index (χ0v) is 13.6. The van der Waals surface area contributed by atoms with E-state index < -0.39 is 0 Å². The lowest BCUT2D eigenvalue weighted by atomic mass is 9.81. The molecule has 5 heteroatoms. The van der Waals surface area contributed by atoms with E-state index in [0.29, 0.717) is 24.0 Å². The molecule has 1 aliphatic heterocycles. The summed E-state index contributed by atoms with van der Waals surface area (Å²) in [6.45, 7) is 11.6. The van der Waals surface area contributed by atoms with Gasteiger partial charge in [-0.15, -0.1) is 0 Å². The Labute approximate surface area is 126 Å². The van der Waals surface area contributed by atoms with Crippen molar-refractivity contribution in [3.8, 4) is 0 Å². The minimum Gasteiger partial charge on any atom is -0.377 e. The Bertz CT molecular complexity index is 502. The van der Waals surface area contributed by atoms with E-state index in [9.17, 15) is 4.79 Å². The predicted molar refractivity (Wildman–Crippen MR) is 81.1 cm³/mol. The average molecular weight is 291 g/mol. The molecule has 0 aromatic carbocycles. The number of carbonyl (C=O) groups excluding carboxylic acids is 1. The van der Waals surface area contributed by atoms with Gasteiger partial charge in [-0.25, -0.2) is 9.97 Å². The number of aromatic nitrogens is 2. The molecule has 0 radical (unpaired) electrons. The second-order valence-electron chi connectivity index (χ2n) is 6.86. The molecule has 2 heterocycles. The first-order chi connectivity index (χ1) is 9.77. The zero-order chi connectivity index (χ0) is 15.6. The van der Waals surface area contributed by atoms with E-state index in [1.807, 2.05) is 6.92 Å². The molecule has 1 aromatic heterocycles. The molecule has 1 saturated heterocycles. The molecule has 2 rings (SSSR count). The lowest BCUT2D eigenvalue weighted by Gasteiger charge is -2.31. The van der Waals surface area contributed by atoms with E-state index in [-0.39, 0.29) is 17.4 Å². The molecule has 1 N–H and O–H groups in total. The molecule has 0 unspecified atom stereocenters. The van der Waals surface area contributed by atoms with Gasteiger partial charge in [-0.3, -0.25) is 4.79 Å². The van der Waals surface area contributed by atoms with Crippen molar-refractivity contribution in [1.82, 2.24) is 15.3 Å². The van der Waals surface area contributed by atoms with Crippen LogP contribution in [0.15, 0.2) is 6.07 Å². The molecular weight excluding hydrogens is 266 g/mol. The van der Waals surface area contributed by atoms with Crippen LogP contribution >= 0.6 is 0 Å². The molecular formula is C16H25N3O2. The lowest BCUT2D eigenvalue weighted by Crippen LogP contribution is -2.39. The minimum atomic E-state index is -0.136. The maximum Gasteiger partial charge on any atom is 0.270 e. The second kappa shape index (κ2) is 6.10. The number of rotatable bonds is 3. The Balaban J connectivity index is 1.98. The summed E-state index contributed by atoms with van der Waals surface area (Å²) in [5.74, 6) is 0.845. The third-order valence-electron chi connectivity index (χ3n) is 3.79. The van der Waals surface area contributed by atoms with E-state index in [1.54, 1.807) is 13.0 Å². The van der Waals surface area contributed by atoms with Gasteiger partial charge in [0.25, 0.3) is 5.91 Å². The topological polar surface area (TPSA) is 64.1 Å². The van der Waals surface area contributed by atoms with E-state index in [0.717, 1.165) is 18.7 Å². The molecule has 0 aliphatic carbocycles. The van der Waals surface area contributed by atoms with Crippen molar-refractivity contribution < 1.29 is 9.53 Å². The van der Waals surface area contributed by atoms with Gasteiger partial charge in [-0.1, -0.05) is 20.8 Å². The molecule has 0 spiro atoms. The maximum atomic E-state index is 12.2. The zero-order valence-electron chi connectivity index (χ0n) is 13.6. The number of carbonyl (C=O) groups is 1. The number of hydrogen-bond donors (Lipinski definition) is 1. The van der Waals surface area contributed by atoms with Gasteiger partial charge < -0.3 is 10.1 Å². The predicted octanol–water partition coefficient (Wildman–Crippen LogP) is 2.27. The number of nitrogens with zero attached hydrogens (tertiary/aromatic N) is 2. The fraction of sp³-hybridized carbons (Fsp3) is 0.688. The van der Waals surface area contributed by atoms with Crippen LogP contribution in [-0.2, 0) is 4.74 Å². The summed E-state index contributed by atoms with van der Waals surface area (Å²) in [6, 6.07) is 1.72. The van der Waals surface area contributed by atoms with Crippen LogP contribution in [0.3, 0.4) is 0 Å². The van der Waals surface area contributed by atoms with Gasteiger partial charge in [0.05, 0.1) is 6.10 Å². The SMILES string of the molecule is Cc1cc(C(=O)NC[C@H]2CCO[C@@H]2C(C)(C)C)nc(C)n1. The van der Waals surface area contributed by atoms with E-state index in [2.05, 4.69) is 36.1 Å². The number of nitrogens with one attached hydrogen (secondary N) is 1. The van der Waals surface area contributed by atoms with Gasteiger partial charge >= 0.3 is 0 Å². The molecule has 5 nitrogen and oxygen atoms in total. The molecule has 0 saturated carbocycles. The van der Waals surface area contributed by atoms with Gasteiger partial charge in [0.1, 0.15) is 11.5 Å². The van der Waals surface area contributed by atoms with Crippen LogP contribution in [0.25, 0.3) is 0 Å². The highest BCUT2D eigenvalue weighted by atomic mass is 16.5. The largest absolute Gasteiger partial charge is 0.377 e. The van der Waals surface area contributed by atoms with Crippen LogP contribution in [0.4, 0.5) is 0 Å². The Morgan fingerprint density at radius 3 is 2.71 bits per heavy atom. The summed E-state index contributed by atoms with van der Waals surface area (Å²) >= 11 is 0. The smallest absolute Gasteiger partial charge is 0.270 e. The summed E-state index contributed by atoms with van der Waals surface area (Å²) in [4.78, 5) is 20.6. The van der Waals surface area contributed by atoms with Crippen molar-refractivity contribution in [2.75, 3.05) is 13.2 Å². The quantitative estimate of drug-likeness (QED) is 0.928. The Morgan fingerprint density at radius 1 is 1.38 bits per heavy atom. The highest BCUT2D eigenvalue weighted by molar-refractivity contribution is 5.92. The first-order valence-corrected chi connectivity index (χ1v) is 7.49. The molecule has 2 atom stereocenters. The fourth-order valence-electron chi connectivity index (χ4n) is 2.95. The normalized spacial score (nSPS) is 22.3. The number of ether oxygens (including phenoxy) is 1. The summed E-state index contributed by atoms with van der Waals surface area (Å²) in [5, 5.41) is 2.99. The number of aryl methyl sites for hydroxylation is 2. The summed E-state index contributed by atoms with van der Waals surface area (Å²) in [7, 11) is 0. The van der Waals surface area contributed by atoms with Gasteiger partial charge in [0.2, 0.25) is 0 Å². The van der Waals surface area contributed by atoms with Crippen LogP contribution in [0.1, 0.15) is 49.2 Å². The van der Waals surface area contributed by atoms with E-state index >= 15 is 0 Å². The standard InChI is InChI=1S/C16H25N3O2/c1-10-8-13(19-11(2)18-10)15(20)17-9-12-6-7-21-14(12)16(3,4)5/h8,12,14H,6-7,9H2,1-5H3,(H,17,20)/t12-,14+/m1/s1. The van der Waals surface area contributed by atoms with Gasteiger partial charge in [-0.05, 0) is 31.7 Å². The molecule has 21 heavy (non-hydrogen) atoms. The summed E-state index contributed by atoms with van der Waals surface area (Å²) in [5.41, 5.74) is 1.34. The second-order valence-corrected chi connectivity index (χ2v) is 6.86. The van der Waals surface area contributed by atoms with Crippen LogP contribution in [0, 0.1) is 25.2 Å². The number of amides is 1. The molecule has 1 aliphatic rings. The van der Waals surface area contributed by atoms with Crippen molar-refractivity contribution >= 4 is 5.91 Å². The molecule has 0 bridgehead atoms. The first kappa shape index (κ1) is 15.9. The first-order valence-electron chi connectivity index (χ1n) is 7.49. The van der Waals surface area contributed by atoms with Gasteiger partial charge in [0.15, 0.2) is 0 Å². The van der Waals surface area contributed by atoms with Gasteiger partial charge in [-0.2, -0.15) is 0 Å². The highest BCUT2D eigenvalue weighted by Gasteiger charge is 2.37. The monoisotopic (exact) mass is 291 g/mol. The average Bonchev–Trinajstić information content (AvgIpc) is 2.82. The van der Waals surface area contributed by atoms with Crippen molar-refractivity contribution in [3.63, 3.8) is 0 Å². The molecule has 1 aromatic rings. The van der Waals surface area contributed by atoms with Crippen molar-refractivity contribution in [1.29, 1.82) is 0 Å². The van der Waals surface area contributed by atoms with E-state index in [1.165, 1.54) is 0 Å². The highest BCUT2D eigenvalue weighted by Crippen LogP contribution is 2.34. The van der Waals surface area contributed by atoms with Crippen LogP contribution in [0.2, 0.25) is 0 Å². The summed E-state index contributed by atoms with van der Waals surface area (Å²) < 4.78 is 5.83. The Morgan fingerprint density at radius 2 is 2.10 bits per heavy atom. The van der Waals surface area contributed by atoms with Crippen LogP contribution < -0.4 is 5.32 Å². The Hall–Kier alpha value is -1.49. The maximum absolute atomic E-state index is 12.2. The van der Waals surface area contributed by atoms with Crippen molar-refractivity contribution in [3.05, 3.63) is 23.3 Å². The lowest BCUT2D eigenvalue weighted by molar-refractivity contribution is 0.00736. The minimum absolute atomic E-state index is 0.0913. The van der Waals surface area contributed by atoms with Gasteiger partial charge in [0, 0.05) is 24.8 Å². The third kappa shape index (κ3) is 4.00. The Kier molecular flexibility index (Phi) is 4.61. The molecule has 1 amide bonds. The summed E-state index contributed by atoms with van der Waals surface area (Å²) in [6.07, 6.45) is 1.18. The van der Waals surface area contributed by atoms with E-state index in [4.69, 9.17) is 4.74 Å². The van der Waals surface area contributed by atoms with Crippen molar-refractivity contribution in [2.45, 2.75) is 47.1 Å². The van der Waals surface area contributed by atoms with Crippen LogP contribution in [0.5, 0.6) is 0 Å². The molecule has 1 fully saturated rings. The van der Waals surface area contributed by atoms with Crippen LogP contribution in [-0.4, -0.2) is 35.1 Å².